The third kappa shape index (κ3) is 6.12. The van der Waals surface area contributed by atoms with Crippen LogP contribution in [0.1, 0.15) is 99.8 Å². The van der Waals surface area contributed by atoms with Crippen LogP contribution in [0.5, 0.6) is 0 Å². The molecule has 7 rings (SSSR count). The van der Waals surface area contributed by atoms with Gasteiger partial charge in [-0.1, -0.05) is 64.8 Å². The molecule has 4 saturated carbocycles. The lowest BCUT2D eigenvalue weighted by atomic mass is 9.35. The lowest BCUT2D eigenvalue weighted by Crippen LogP contribution is -2.66. The van der Waals surface area contributed by atoms with E-state index in [1.807, 2.05) is 6.92 Å². The minimum atomic E-state index is -1.73. The van der Waals surface area contributed by atoms with Gasteiger partial charge in [-0.25, -0.2) is 0 Å². The van der Waals surface area contributed by atoms with Gasteiger partial charge in [-0.3, -0.25) is 0 Å². The van der Waals surface area contributed by atoms with Gasteiger partial charge in [0.05, 0.1) is 38.1 Å². The van der Waals surface area contributed by atoms with Crippen molar-refractivity contribution < 1.29 is 64.9 Å². The summed E-state index contributed by atoms with van der Waals surface area (Å²) >= 11 is 0. The van der Waals surface area contributed by atoms with Gasteiger partial charge in [0, 0.05) is 16.2 Å². The lowest BCUT2D eigenvalue weighted by Gasteiger charge is -2.69. The van der Waals surface area contributed by atoms with E-state index in [0.717, 1.165) is 38.5 Å². The van der Waals surface area contributed by atoms with E-state index in [0.29, 0.717) is 12.8 Å². The fourth-order valence-corrected chi connectivity index (χ4v) is 13.0. The normalized spacial score (nSPS) is 54.9. The molecule has 5 aliphatic carbocycles. The van der Waals surface area contributed by atoms with Crippen molar-refractivity contribution in [2.45, 2.75) is 173 Å². The fourth-order valence-electron chi connectivity index (χ4n) is 13.0. The molecule has 2 saturated heterocycles. The Morgan fingerprint density at radius 2 is 1.38 bits per heavy atom. The number of ether oxygens (including phenoxy) is 4. The van der Waals surface area contributed by atoms with Crippen molar-refractivity contribution in [3.63, 3.8) is 0 Å². The zero-order valence-electron chi connectivity index (χ0n) is 33.7. The SMILES string of the molecule is CC1OC(OC2CCC3(C)C4=CC=C5C6CC(C)(C)CCC6(CO)C(O)CC5(C)C4(C)CCC3C2(C)CO)C(O)C(OC2OC(CO)C(O)C(O)C2O)C1O. The first-order chi connectivity index (χ1) is 25.7. The molecule has 9 N–H and O–H groups in total. The summed E-state index contributed by atoms with van der Waals surface area (Å²) < 4.78 is 24.0. The first-order valence-corrected chi connectivity index (χ1v) is 20.6. The molecule has 314 valence electrons. The van der Waals surface area contributed by atoms with Crippen LogP contribution in [0.2, 0.25) is 0 Å². The van der Waals surface area contributed by atoms with Gasteiger partial charge in [-0.2, -0.15) is 0 Å². The number of rotatable bonds is 7. The summed E-state index contributed by atoms with van der Waals surface area (Å²) in [7, 11) is 0. The number of aliphatic hydroxyl groups is 9. The Hall–Kier alpha value is -1.04. The maximum atomic E-state index is 12.0. The van der Waals surface area contributed by atoms with Crippen molar-refractivity contribution in [3.8, 4) is 0 Å². The quantitative estimate of drug-likeness (QED) is 0.168. The molecular weight excluding hydrogens is 712 g/mol. The van der Waals surface area contributed by atoms with Crippen LogP contribution in [0.15, 0.2) is 23.3 Å². The number of hydrogen-bond acceptors (Lipinski definition) is 13. The van der Waals surface area contributed by atoms with E-state index < -0.39 is 91.1 Å². The number of aliphatic hydroxyl groups excluding tert-OH is 9. The van der Waals surface area contributed by atoms with Gasteiger partial charge in [0.25, 0.3) is 0 Å². The van der Waals surface area contributed by atoms with Crippen LogP contribution in [-0.4, -0.2) is 139 Å². The molecule has 0 amide bonds. The van der Waals surface area contributed by atoms with E-state index in [-0.39, 0.29) is 46.7 Å². The van der Waals surface area contributed by atoms with Gasteiger partial charge < -0.3 is 64.9 Å². The van der Waals surface area contributed by atoms with Gasteiger partial charge in [-0.05, 0) is 86.4 Å². The first-order valence-electron chi connectivity index (χ1n) is 20.6. The van der Waals surface area contributed by atoms with Gasteiger partial charge >= 0.3 is 0 Å². The molecule has 2 aliphatic heterocycles. The molecule has 0 aromatic heterocycles. The number of hydrogen-bond donors (Lipinski definition) is 9. The fraction of sp³-hybridized carbons (Fsp3) is 0.905. The van der Waals surface area contributed by atoms with Crippen molar-refractivity contribution in [2.24, 2.45) is 44.3 Å². The van der Waals surface area contributed by atoms with Crippen molar-refractivity contribution in [3.05, 3.63) is 23.3 Å². The van der Waals surface area contributed by atoms with Gasteiger partial charge in [0.2, 0.25) is 0 Å². The molecule has 13 nitrogen and oxygen atoms in total. The summed E-state index contributed by atoms with van der Waals surface area (Å²) in [5.74, 6) is 0.0727. The van der Waals surface area contributed by atoms with Crippen LogP contribution >= 0.6 is 0 Å². The van der Waals surface area contributed by atoms with Gasteiger partial charge in [-0.15, -0.1) is 0 Å². The van der Waals surface area contributed by atoms with Crippen LogP contribution in [-0.2, 0) is 18.9 Å². The molecule has 13 heteroatoms. The smallest absolute Gasteiger partial charge is 0.187 e. The summed E-state index contributed by atoms with van der Waals surface area (Å²) in [4.78, 5) is 0. The van der Waals surface area contributed by atoms with E-state index in [4.69, 9.17) is 18.9 Å². The Kier molecular flexibility index (Phi) is 11.0. The van der Waals surface area contributed by atoms with Crippen molar-refractivity contribution >= 4 is 0 Å². The van der Waals surface area contributed by atoms with Crippen LogP contribution < -0.4 is 0 Å². The maximum Gasteiger partial charge on any atom is 0.187 e. The summed E-state index contributed by atoms with van der Waals surface area (Å²) in [5.41, 5.74) is 0.594. The van der Waals surface area contributed by atoms with Crippen molar-refractivity contribution in [2.75, 3.05) is 19.8 Å². The standard InChI is InChI=1S/C42H68O13/c1-21-29(47)34(55-35-32(50)31(49)30(48)24(18-43)53-35)33(51)36(52-21)54-28-11-12-38(4)25(39(28,5)19-44)10-13-40(6)26(38)9-8-22-23-16-37(2,3)14-15-42(23,20-45)27(46)17-41(22,40)7/h8-9,21,23-25,27-36,43-51H,10-20H2,1-7H3. The van der Waals surface area contributed by atoms with E-state index >= 15 is 0 Å². The highest BCUT2D eigenvalue weighted by atomic mass is 16.7. The Bertz CT molecular complexity index is 1500. The zero-order chi connectivity index (χ0) is 40.3. The summed E-state index contributed by atoms with van der Waals surface area (Å²) in [6.07, 6.45) is -4.66. The lowest BCUT2D eigenvalue weighted by molar-refractivity contribution is -0.366. The molecular formula is C42H68O13. The molecule has 19 unspecified atom stereocenters. The highest BCUT2D eigenvalue weighted by Crippen LogP contribution is 2.74. The Morgan fingerprint density at radius 1 is 0.691 bits per heavy atom. The van der Waals surface area contributed by atoms with E-state index in [2.05, 4.69) is 46.8 Å². The highest BCUT2D eigenvalue weighted by molar-refractivity contribution is 5.46. The predicted molar refractivity (Wildman–Crippen MR) is 199 cm³/mol. The topological polar surface area (TPSA) is 219 Å². The van der Waals surface area contributed by atoms with Crippen molar-refractivity contribution in [1.82, 2.24) is 0 Å². The second kappa shape index (κ2) is 14.3. The third-order valence-corrected chi connectivity index (χ3v) is 16.9. The molecule has 0 radical (unpaired) electrons. The largest absolute Gasteiger partial charge is 0.396 e. The van der Waals surface area contributed by atoms with Gasteiger partial charge in [0.1, 0.15) is 42.7 Å². The van der Waals surface area contributed by atoms with E-state index in [1.54, 1.807) is 6.92 Å². The van der Waals surface area contributed by atoms with Crippen LogP contribution in [0, 0.1) is 44.3 Å². The predicted octanol–water partition coefficient (Wildman–Crippen LogP) is 1.68. The first kappa shape index (κ1) is 42.1. The summed E-state index contributed by atoms with van der Waals surface area (Å²) in [6, 6.07) is 0. The average molecular weight is 781 g/mol. The summed E-state index contributed by atoms with van der Waals surface area (Å²) in [5, 5.41) is 97.6. The molecule has 7 aliphatic rings. The second-order valence-electron chi connectivity index (χ2n) is 20.2. The summed E-state index contributed by atoms with van der Waals surface area (Å²) in [6.45, 7) is 14.4. The molecule has 6 fully saturated rings. The number of allylic oxidation sites excluding steroid dienone is 4. The second-order valence-corrected chi connectivity index (χ2v) is 20.2. The third-order valence-electron chi connectivity index (χ3n) is 16.9. The molecule has 2 heterocycles. The molecule has 0 aromatic rings. The van der Waals surface area contributed by atoms with E-state index in [9.17, 15) is 46.0 Å². The monoisotopic (exact) mass is 780 g/mol. The molecule has 55 heavy (non-hydrogen) atoms. The van der Waals surface area contributed by atoms with Crippen molar-refractivity contribution in [1.29, 1.82) is 0 Å². The maximum absolute atomic E-state index is 12.0. The van der Waals surface area contributed by atoms with Crippen LogP contribution in [0.3, 0.4) is 0 Å². The van der Waals surface area contributed by atoms with Gasteiger partial charge in [0.15, 0.2) is 12.6 Å². The number of fused-ring (bicyclic) bond motifs is 7. The molecule has 19 atom stereocenters. The average Bonchev–Trinajstić information content (AvgIpc) is 3.13. The highest BCUT2D eigenvalue weighted by Gasteiger charge is 2.69. The molecule has 0 spiro atoms. The Balaban J connectivity index is 1.15. The minimum absolute atomic E-state index is 0.00908. The Labute approximate surface area is 325 Å². The zero-order valence-corrected chi connectivity index (χ0v) is 33.7. The molecule has 0 aromatic carbocycles. The minimum Gasteiger partial charge on any atom is -0.396 e. The van der Waals surface area contributed by atoms with Crippen LogP contribution in [0.4, 0.5) is 0 Å². The van der Waals surface area contributed by atoms with Crippen LogP contribution in [0.25, 0.3) is 0 Å². The Morgan fingerprint density at radius 3 is 2.04 bits per heavy atom. The van der Waals surface area contributed by atoms with E-state index in [1.165, 1.54) is 11.1 Å². The molecule has 0 bridgehead atoms.